The van der Waals surface area contributed by atoms with Gasteiger partial charge >= 0.3 is 5.97 Å². The van der Waals surface area contributed by atoms with E-state index in [1.807, 2.05) is 0 Å². The molecule has 1 aromatic rings. The van der Waals surface area contributed by atoms with Crippen LogP contribution in [0.25, 0.3) is 0 Å². The third-order valence-corrected chi connectivity index (χ3v) is 3.64. The van der Waals surface area contributed by atoms with Crippen molar-refractivity contribution in [3.63, 3.8) is 0 Å². The van der Waals surface area contributed by atoms with Crippen molar-refractivity contribution in [2.24, 2.45) is 5.92 Å². The fraction of sp³-hybridized carbons (Fsp3) is 0.500. The van der Waals surface area contributed by atoms with Gasteiger partial charge in [-0.1, -0.05) is 6.07 Å². The molecule has 0 amide bonds. The zero-order valence-corrected chi connectivity index (χ0v) is 11.5. The highest BCUT2D eigenvalue weighted by atomic mass is 32.1. The van der Waals surface area contributed by atoms with E-state index < -0.39 is 35.1 Å². The maximum Gasteiger partial charge on any atom is 0.317 e. The van der Waals surface area contributed by atoms with Crippen LogP contribution in [0.1, 0.15) is 24.6 Å². The maximum atomic E-state index is 11.8. The summed E-state index contributed by atoms with van der Waals surface area (Å²) in [6.07, 6.45) is 0. The van der Waals surface area contributed by atoms with E-state index >= 15 is 0 Å². The molecule has 2 atom stereocenters. The Labute approximate surface area is 114 Å². The fourth-order valence-electron chi connectivity index (χ4n) is 1.87. The summed E-state index contributed by atoms with van der Waals surface area (Å²) in [6, 6.07) is 3.42. The molecule has 7 heteroatoms. The number of hydrogen-bond donors (Lipinski definition) is 0. The minimum Gasteiger partial charge on any atom is -0.465 e. The number of carbonyl (C=O) groups excluding carboxylic acids is 2. The molecule has 0 fully saturated rings. The molecule has 1 aromatic heterocycles. The summed E-state index contributed by atoms with van der Waals surface area (Å²) in [5, 5.41) is 12.5. The third kappa shape index (κ3) is 4.13. The Kier molecular flexibility index (Phi) is 5.62. The monoisotopic (exact) mass is 285 g/mol. The second-order valence-electron chi connectivity index (χ2n) is 3.98. The van der Waals surface area contributed by atoms with Crippen LogP contribution in [0.4, 0.5) is 0 Å². The van der Waals surface area contributed by atoms with Crippen LogP contribution in [0, 0.1) is 16.0 Å². The maximum absolute atomic E-state index is 11.8. The second-order valence-corrected chi connectivity index (χ2v) is 4.96. The van der Waals surface area contributed by atoms with Gasteiger partial charge in [-0.2, -0.15) is 0 Å². The van der Waals surface area contributed by atoms with E-state index in [2.05, 4.69) is 0 Å². The predicted molar refractivity (Wildman–Crippen MR) is 69.7 cm³/mol. The largest absolute Gasteiger partial charge is 0.465 e. The third-order valence-electron chi connectivity index (χ3n) is 2.64. The van der Waals surface area contributed by atoms with Crippen LogP contribution in [-0.4, -0.2) is 29.8 Å². The molecule has 19 heavy (non-hydrogen) atoms. The number of ketones is 1. The van der Waals surface area contributed by atoms with Crippen molar-refractivity contribution in [3.05, 3.63) is 32.5 Å². The van der Waals surface area contributed by atoms with Crippen molar-refractivity contribution >= 4 is 23.1 Å². The van der Waals surface area contributed by atoms with Gasteiger partial charge in [0.2, 0.25) is 6.54 Å². The lowest BCUT2D eigenvalue weighted by molar-refractivity contribution is -0.484. The number of rotatable bonds is 7. The quantitative estimate of drug-likeness (QED) is 0.330. The lowest BCUT2D eigenvalue weighted by atomic mass is 9.88. The van der Waals surface area contributed by atoms with E-state index in [4.69, 9.17) is 4.74 Å². The van der Waals surface area contributed by atoms with Gasteiger partial charge < -0.3 is 4.74 Å². The Hall–Kier alpha value is -1.76. The summed E-state index contributed by atoms with van der Waals surface area (Å²) in [4.78, 5) is 34.4. The summed E-state index contributed by atoms with van der Waals surface area (Å²) in [5.41, 5.74) is 0. The highest BCUT2D eigenvalue weighted by Crippen LogP contribution is 2.30. The highest BCUT2D eigenvalue weighted by Gasteiger charge is 2.38. The lowest BCUT2D eigenvalue weighted by Gasteiger charge is -2.19. The van der Waals surface area contributed by atoms with Crippen molar-refractivity contribution < 1.29 is 19.2 Å². The average molecular weight is 285 g/mol. The van der Waals surface area contributed by atoms with Gasteiger partial charge in [-0.3, -0.25) is 19.7 Å². The minimum absolute atomic E-state index is 0.137. The molecule has 0 aliphatic heterocycles. The summed E-state index contributed by atoms with van der Waals surface area (Å²) >= 11 is 1.29. The van der Waals surface area contributed by atoms with Crippen LogP contribution >= 0.6 is 11.3 Å². The second kappa shape index (κ2) is 6.98. The van der Waals surface area contributed by atoms with Crippen LogP contribution in [0.2, 0.25) is 0 Å². The molecule has 0 radical (unpaired) electrons. The summed E-state index contributed by atoms with van der Waals surface area (Å²) < 4.78 is 4.85. The average Bonchev–Trinajstić information content (AvgIpc) is 2.80. The number of ether oxygens (including phenoxy) is 1. The number of nitrogens with zero attached hydrogens (tertiary/aromatic N) is 1. The number of esters is 1. The van der Waals surface area contributed by atoms with E-state index in [1.165, 1.54) is 18.3 Å². The molecule has 1 rings (SSSR count). The molecular weight excluding hydrogens is 270 g/mol. The molecule has 0 aliphatic rings. The molecule has 2 unspecified atom stereocenters. The minimum atomic E-state index is -1.12. The lowest BCUT2D eigenvalue weighted by Crippen LogP contribution is -2.33. The van der Waals surface area contributed by atoms with Gasteiger partial charge in [0.15, 0.2) is 0 Å². The Morgan fingerprint density at radius 1 is 1.53 bits per heavy atom. The van der Waals surface area contributed by atoms with E-state index in [0.29, 0.717) is 4.88 Å². The van der Waals surface area contributed by atoms with Gasteiger partial charge in [0, 0.05) is 9.80 Å². The van der Waals surface area contributed by atoms with Crippen LogP contribution in [0.5, 0.6) is 0 Å². The molecule has 0 saturated carbocycles. The van der Waals surface area contributed by atoms with Crippen molar-refractivity contribution in [2.45, 2.75) is 19.8 Å². The van der Waals surface area contributed by atoms with Gasteiger partial charge in [-0.25, -0.2) is 0 Å². The molecule has 0 bridgehead atoms. The van der Waals surface area contributed by atoms with Crippen LogP contribution in [0.15, 0.2) is 17.5 Å². The summed E-state index contributed by atoms with van der Waals surface area (Å²) in [7, 11) is 0. The zero-order valence-electron chi connectivity index (χ0n) is 10.7. The SMILES string of the molecule is CCOC(=O)C(C(C)=O)C(C[N+](=O)[O-])c1cccs1. The number of Topliss-reactive ketones (excluding diaryl/α,β-unsaturated/α-hetero) is 1. The van der Waals surface area contributed by atoms with Gasteiger partial charge in [-0.15, -0.1) is 11.3 Å². The van der Waals surface area contributed by atoms with Crippen molar-refractivity contribution in [3.8, 4) is 0 Å². The van der Waals surface area contributed by atoms with E-state index in [9.17, 15) is 19.7 Å². The Morgan fingerprint density at radius 3 is 2.63 bits per heavy atom. The number of nitro groups is 1. The molecule has 0 N–H and O–H groups in total. The van der Waals surface area contributed by atoms with Crippen LogP contribution in [0.3, 0.4) is 0 Å². The first kappa shape index (κ1) is 15.3. The molecule has 0 aromatic carbocycles. The van der Waals surface area contributed by atoms with Crippen LogP contribution in [-0.2, 0) is 14.3 Å². The van der Waals surface area contributed by atoms with Gasteiger partial charge in [0.25, 0.3) is 0 Å². The number of thiophene rings is 1. The molecule has 1 heterocycles. The standard InChI is InChI=1S/C12H15NO5S/c1-3-18-12(15)11(8(2)14)9(7-13(16)17)10-5-4-6-19-10/h4-6,9,11H,3,7H2,1-2H3. The van der Waals surface area contributed by atoms with Crippen LogP contribution < -0.4 is 0 Å². The molecule has 6 nitrogen and oxygen atoms in total. The first-order chi connectivity index (χ1) is 8.97. The Morgan fingerprint density at radius 2 is 2.21 bits per heavy atom. The molecule has 0 spiro atoms. The highest BCUT2D eigenvalue weighted by molar-refractivity contribution is 7.10. The fourth-order valence-corrected chi connectivity index (χ4v) is 2.72. The first-order valence-corrected chi connectivity index (χ1v) is 6.67. The molecule has 0 saturated heterocycles. The van der Waals surface area contributed by atoms with Gasteiger partial charge in [0.1, 0.15) is 11.7 Å². The Bertz CT molecular complexity index is 457. The molecular formula is C12H15NO5S. The topological polar surface area (TPSA) is 86.5 Å². The van der Waals surface area contributed by atoms with E-state index in [0.717, 1.165) is 0 Å². The Balaban J connectivity index is 3.07. The van der Waals surface area contributed by atoms with E-state index in [1.54, 1.807) is 24.4 Å². The van der Waals surface area contributed by atoms with Crippen molar-refractivity contribution in [1.82, 2.24) is 0 Å². The zero-order chi connectivity index (χ0) is 14.4. The van der Waals surface area contributed by atoms with Gasteiger partial charge in [0.05, 0.1) is 12.5 Å². The van der Waals surface area contributed by atoms with Gasteiger partial charge in [-0.05, 0) is 25.3 Å². The van der Waals surface area contributed by atoms with Crippen molar-refractivity contribution in [2.75, 3.05) is 13.2 Å². The molecule has 104 valence electrons. The smallest absolute Gasteiger partial charge is 0.317 e. The summed E-state index contributed by atoms with van der Waals surface area (Å²) in [5.74, 6) is -3.01. The summed E-state index contributed by atoms with van der Waals surface area (Å²) in [6.45, 7) is 2.55. The number of hydrogen-bond acceptors (Lipinski definition) is 6. The van der Waals surface area contributed by atoms with Crippen molar-refractivity contribution in [1.29, 1.82) is 0 Å². The van der Waals surface area contributed by atoms with E-state index in [-0.39, 0.29) is 6.61 Å². The predicted octanol–water partition coefficient (Wildman–Crippen LogP) is 1.88. The normalized spacial score (nSPS) is 13.6. The number of carbonyl (C=O) groups is 2. The first-order valence-electron chi connectivity index (χ1n) is 5.79. The molecule has 0 aliphatic carbocycles.